The van der Waals surface area contributed by atoms with E-state index in [-0.39, 0.29) is 29.6 Å². The van der Waals surface area contributed by atoms with Gasteiger partial charge in [-0.3, -0.25) is 14.1 Å². The first-order valence-corrected chi connectivity index (χ1v) is 4.29. The van der Waals surface area contributed by atoms with Crippen LogP contribution >= 0.6 is 0 Å². The Morgan fingerprint density at radius 2 is 1.69 bits per heavy atom. The molecule has 0 aromatic rings. The Kier molecular flexibility index (Phi) is 6.55. The van der Waals surface area contributed by atoms with Gasteiger partial charge in [-0.1, -0.05) is 0 Å². The van der Waals surface area contributed by atoms with Crippen molar-refractivity contribution in [2.24, 2.45) is 11.5 Å². The molecule has 0 radical (unpaired) electrons. The molecule has 0 saturated carbocycles. The van der Waals surface area contributed by atoms with Gasteiger partial charge in [0, 0.05) is 0 Å². The Balaban J connectivity index is 0. The number of rotatable bonds is 4. The summed E-state index contributed by atoms with van der Waals surface area (Å²) in [5.74, 6) is -2.34. The number of hydrogen-bond acceptors (Lipinski definition) is 4. The van der Waals surface area contributed by atoms with E-state index < -0.39 is 33.6 Å². The van der Waals surface area contributed by atoms with Gasteiger partial charge in [-0.2, -0.15) is 8.42 Å². The van der Waals surface area contributed by atoms with Crippen LogP contribution in [0.1, 0.15) is 6.42 Å². The molecule has 13 heavy (non-hydrogen) atoms. The predicted octanol–water partition coefficient (Wildman–Crippen LogP) is -3.04. The number of hydrogen-bond donors (Lipinski definition) is 3. The second-order valence-electron chi connectivity index (χ2n) is 2.08. The summed E-state index contributed by atoms with van der Waals surface area (Å²) in [5.41, 5.74) is 9.19. The number of amides is 2. The Bertz CT molecular complexity index is 300. The van der Waals surface area contributed by atoms with Crippen LogP contribution in [0, 0.1) is 0 Å². The monoisotopic (exact) mass is 220 g/mol. The first-order chi connectivity index (χ1) is 5.25. The molecule has 72 valence electrons. The van der Waals surface area contributed by atoms with Crippen molar-refractivity contribution in [2.75, 3.05) is 0 Å². The van der Waals surface area contributed by atoms with E-state index >= 15 is 0 Å². The number of carbonyl (C=O) groups excluding carboxylic acids is 2. The number of nitrogens with two attached hydrogens (primary N) is 2. The molecule has 0 rings (SSSR count). The molecule has 0 bridgehead atoms. The van der Waals surface area contributed by atoms with Gasteiger partial charge in [0.15, 0.2) is 5.25 Å². The van der Waals surface area contributed by atoms with Gasteiger partial charge in [0.1, 0.15) is 0 Å². The fraction of sp³-hybridized carbons (Fsp3) is 0.500. The molecule has 1 atom stereocenters. The third kappa shape index (κ3) is 5.99. The van der Waals surface area contributed by atoms with Gasteiger partial charge < -0.3 is 11.5 Å². The average molecular weight is 220 g/mol. The quantitative estimate of drug-likeness (QED) is 0.341. The molecule has 0 aromatic heterocycles. The number of carbonyl (C=O) groups is 2. The van der Waals surface area contributed by atoms with Crippen molar-refractivity contribution in [3.8, 4) is 0 Å². The molecule has 0 spiro atoms. The second kappa shape index (κ2) is 5.55. The van der Waals surface area contributed by atoms with E-state index in [1.165, 1.54) is 0 Å². The Labute approximate surface area is 96.9 Å². The van der Waals surface area contributed by atoms with E-state index in [4.69, 9.17) is 4.55 Å². The van der Waals surface area contributed by atoms with E-state index in [9.17, 15) is 18.0 Å². The maximum atomic E-state index is 10.4. The minimum atomic E-state index is -4.63. The van der Waals surface area contributed by atoms with E-state index in [2.05, 4.69) is 11.5 Å². The van der Waals surface area contributed by atoms with Crippen LogP contribution in [0.2, 0.25) is 0 Å². The van der Waals surface area contributed by atoms with Gasteiger partial charge >= 0.3 is 29.6 Å². The molecule has 0 aliphatic rings. The minimum absolute atomic E-state index is 0. The van der Waals surface area contributed by atoms with Crippen molar-refractivity contribution in [3.63, 3.8) is 0 Å². The van der Waals surface area contributed by atoms with Gasteiger partial charge in [0.2, 0.25) is 11.8 Å². The molecule has 9 heteroatoms. The third-order valence-electron chi connectivity index (χ3n) is 1.06. The predicted molar refractivity (Wildman–Crippen MR) is 45.5 cm³/mol. The Morgan fingerprint density at radius 1 is 1.31 bits per heavy atom. The summed E-state index contributed by atoms with van der Waals surface area (Å²) in [6.07, 6.45) is -0.811. The van der Waals surface area contributed by atoms with Crippen LogP contribution in [-0.4, -0.2) is 59.6 Å². The zero-order chi connectivity index (χ0) is 9.94. The van der Waals surface area contributed by atoms with E-state index in [0.717, 1.165) is 0 Å². The molecule has 5 N–H and O–H groups in total. The Hall–Kier alpha value is -0.150. The number of primary amides is 2. The molecule has 7 nitrogen and oxygen atoms in total. The molecule has 1 unspecified atom stereocenters. The van der Waals surface area contributed by atoms with Gasteiger partial charge in [-0.15, -0.1) is 0 Å². The molecule has 0 heterocycles. The topological polar surface area (TPSA) is 141 Å². The van der Waals surface area contributed by atoms with Crippen LogP contribution in [0.3, 0.4) is 0 Å². The SMILES string of the molecule is NC(=O)CC(C(N)=O)S(=O)(=O)O.[NaH]. The first kappa shape index (κ1) is 15.3. The standard InChI is InChI=1S/C4H8N2O5S.Na.H/c5-3(7)1-2(4(6)8)12(9,10)11;;/h2H,1H2,(H2,5,7)(H2,6,8)(H,9,10,11);;. The average Bonchev–Trinajstić information content (AvgIpc) is 1.79. The maximum absolute atomic E-state index is 10.4. The molecule has 0 aromatic carbocycles. The summed E-state index contributed by atoms with van der Waals surface area (Å²) < 4.78 is 29.1. The first-order valence-electron chi connectivity index (χ1n) is 2.79. The fourth-order valence-electron chi connectivity index (χ4n) is 0.535. The molecular formula is C4H9N2NaO5S. The van der Waals surface area contributed by atoms with Crippen LogP contribution in [-0.2, 0) is 19.7 Å². The van der Waals surface area contributed by atoms with Crippen molar-refractivity contribution < 1.29 is 22.6 Å². The van der Waals surface area contributed by atoms with Crippen LogP contribution in [0.5, 0.6) is 0 Å². The summed E-state index contributed by atoms with van der Waals surface area (Å²) in [6, 6.07) is 0. The van der Waals surface area contributed by atoms with E-state index in [0.29, 0.717) is 0 Å². The second-order valence-corrected chi connectivity index (χ2v) is 3.68. The summed E-state index contributed by atoms with van der Waals surface area (Å²) in [7, 11) is -4.63. The normalized spacial score (nSPS) is 12.7. The van der Waals surface area contributed by atoms with Crippen LogP contribution < -0.4 is 11.5 Å². The molecule has 0 saturated heterocycles. The summed E-state index contributed by atoms with van der Waals surface area (Å²) in [5, 5.41) is -1.95. The van der Waals surface area contributed by atoms with Crippen molar-refractivity contribution >= 4 is 51.5 Å². The summed E-state index contributed by atoms with van der Waals surface area (Å²) >= 11 is 0. The molecule has 0 aliphatic heterocycles. The van der Waals surface area contributed by atoms with Gasteiger partial charge in [0.25, 0.3) is 10.1 Å². The summed E-state index contributed by atoms with van der Waals surface area (Å²) in [4.78, 5) is 20.6. The molecule has 2 amide bonds. The van der Waals surface area contributed by atoms with Gasteiger partial charge in [0.05, 0.1) is 6.42 Å². The zero-order valence-corrected chi connectivity index (χ0v) is 6.74. The van der Waals surface area contributed by atoms with Gasteiger partial charge in [-0.25, -0.2) is 0 Å². The zero-order valence-electron chi connectivity index (χ0n) is 5.93. The van der Waals surface area contributed by atoms with E-state index in [1.807, 2.05) is 0 Å². The fourth-order valence-corrected chi connectivity index (χ4v) is 1.20. The van der Waals surface area contributed by atoms with Crippen LogP contribution in [0.15, 0.2) is 0 Å². The molecule has 0 aliphatic carbocycles. The van der Waals surface area contributed by atoms with Crippen LogP contribution in [0.4, 0.5) is 0 Å². The van der Waals surface area contributed by atoms with Crippen molar-refractivity contribution in [1.82, 2.24) is 0 Å². The van der Waals surface area contributed by atoms with Crippen molar-refractivity contribution in [2.45, 2.75) is 11.7 Å². The van der Waals surface area contributed by atoms with Gasteiger partial charge in [-0.05, 0) is 0 Å². The summed E-state index contributed by atoms with van der Waals surface area (Å²) in [6.45, 7) is 0. The Morgan fingerprint density at radius 3 is 1.77 bits per heavy atom. The molecular weight excluding hydrogens is 211 g/mol. The van der Waals surface area contributed by atoms with Crippen LogP contribution in [0.25, 0.3) is 0 Å². The van der Waals surface area contributed by atoms with Crippen molar-refractivity contribution in [1.29, 1.82) is 0 Å². The van der Waals surface area contributed by atoms with Crippen molar-refractivity contribution in [3.05, 3.63) is 0 Å². The van der Waals surface area contributed by atoms with E-state index in [1.54, 1.807) is 0 Å². The third-order valence-corrected chi connectivity index (χ3v) is 2.18. The molecule has 0 fully saturated rings.